The Balaban J connectivity index is 1.84. The second-order valence-electron chi connectivity index (χ2n) is 5.25. The molecule has 92 valence electrons. The van der Waals surface area contributed by atoms with Crippen LogP contribution in [0.1, 0.15) is 39.0 Å². The maximum atomic E-state index is 12.0. The standard InChI is InChI=1S/C12H21NO3/c1-12(15)5-3-6-13(9-12)11(14)8-10-4-2-7-16-10/h10,15H,2-9H2,1H3. The maximum Gasteiger partial charge on any atom is 0.225 e. The topological polar surface area (TPSA) is 49.8 Å². The highest BCUT2D eigenvalue weighted by molar-refractivity contribution is 5.77. The number of amides is 1. The van der Waals surface area contributed by atoms with E-state index in [9.17, 15) is 9.90 Å². The average molecular weight is 227 g/mol. The van der Waals surface area contributed by atoms with Gasteiger partial charge in [0.1, 0.15) is 0 Å². The molecule has 2 unspecified atom stereocenters. The zero-order valence-corrected chi connectivity index (χ0v) is 9.95. The van der Waals surface area contributed by atoms with E-state index in [2.05, 4.69) is 0 Å². The Morgan fingerprint density at radius 3 is 3.00 bits per heavy atom. The predicted molar refractivity (Wildman–Crippen MR) is 60.0 cm³/mol. The van der Waals surface area contributed by atoms with Crippen LogP contribution in [0.25, 0.3) is 0 Å². The summed E-state index contributed by atoms with van der Waals surface area (Å²) in [5.41, 5.74) is -0.704. The van der Waals surface area contributed by atoms with Gasteiger partial charge in [-0.05, 0) is 32.6 Å². The zero-order valence-electron chi connectivity index (χ0n) is 9.95. The smallest absolute Gasteiger partial charge is 0.225 e. The number of likely N-dealkylation sites (tertiary alicyclic amines) is 1. The van der Waals surface area contributed by atoms with Gasteiger partial charge in [0.05, 0.1) is 18.1 Å². The number of nitrogens with zero attached hydrogens (tertiary/aromatic N) is 1. The molecule has 2 aliphatic rings. The quantitative estimate of drug-likeness (QED) is 0.763. The predicted octanol–water partition coefficient (Wildman–Crippen LogP) is 0.929. The number of rotatable bonds is 2. The van der Waals surface area contributed by atoms with Gasteiger partial charge in [-0.15, -0.1) is 0 Å². The van der Waals surface area contributed by atoms with Gasteiger partial charge < -0.3 is 14.7 Å². The summed E-state index contributed by atoms with van der Waals surface area (Å²) in [7, 11) is 0. The number of hydrogen-bond acceptors (Lipinski definition) is 3. The van der Waals surface area contributed by atoms with Crippen molar-refractivity contribution in [3.63, 3.8) is 0 Å². The van der Waals surface area contributed by atoms with Crippen molar-refractivity contribution >= 4 is 5.91 Å². The third-order valence-corrected chi connectivity index (χ3v) is 3.45. The number of carbonyl (C=O) groups excluding carboxylic acids is 1. The Labute approximate surface area is 96.6 Å². The average Bonchev–Trinajstić information content (AvgIpc) is 2.69. The maximum absolute atomic E-state index is 12.0. The van der Waals surface area contributed by atoms with Gasteiger partial charge in [0.2, 0.25) is 5.91 Å². The summed E-state index contributed by atoms with van der Waals surface area (Å²) in [6.07, 6.45) is 4.34. The fourth-order valence-electron chi connectivity index (χ4n) is 2.56. The highest BCUT2D eigenvalue weighted by atomic mass is 16.5. The lowest BCUT2D eigenvalue weighted by atomic mass is 9.95. The van der Waals surface area contributed by atoms with Gasteiger partial charge in [-0.2, -0.15) is 0 Å². The summed E-state index contributed by atoms with van der Waals surface area (Å²) in [4.78, 5) is 13.8. The first-order valence-electron chi connectivity index (χ1n) is 6.19. The molecular formula is C12H21NO3. The number of hydrogen-bond donors (Lipinski definition) is 1. The molecule has 4 heteroatoms. The lowest BCUT2D eigenvalue weighted by Gasteiger charge is -2.37. The Morgan fingerprint density at radius 2 is 2.38 bits per heavy atom. The van der Waals surface area contributed by atoms with E-state index in [1.807, 2.05) is 0 Å². The van der Waals surface area contributed by atoms with Crippen molar-refractivity contribution in [2.75, 3.05) is 19.7 Å². The molecule has 0 aliphatic carbocycles. The molecule has 0 bridgehead atoms. The highest BCUT2D eigenvalue weighted by Crippen LogP contribution is 2.22. The van der Waals surface area contributed by atoms with E-state index < -0.39 is 5.60 Å². The molecule has 0 aromatic rings. The highest BCUT2D eigenvalue weighted by Gasteiger charge is 2.32. The third-order valence-electron chi connectivity index (χ3n) is 3.45. The van der Waals surface area contributed by atoms with Crippen LogP contribution in [0.15, 0.2) is 0 Å². The van der Waals surface area contributed by atoms with Gasteiger partial charge in [-0.3, -0.25) is 4.79 Å². The number of piperidine rings is 1. The minimum absolute atomic E-state index is 0.111. The summed E-state index contributed by atoms with van der Waals surface area (Å²) in [6.45, 7) is 3.84. The van der Waals surface area contributed by atoms with E-state index in [1.165, 1.54) is 0 Å². The molecule has 4 nitrogen and oxygen atoms in total. The number of aliphatic hydroxyl groups is 1. The van der Waals surface area contributed by atoms with Crippen molar-refractivity contribution in [2.45, 2.75) is 50.7 Å². The fraction of sp³-hybridized carbons (Fsp3) is 0.917. The molecule has 0 aromatic heterocycles. The fourth-order valence-corrected chi connectivity index (χ4v) is 2.56. The normalized spacial score (nSPS) is 35.4. The molecule has 16 heavy (non-hydrogen) atoms. The summed E-state index contributed by atoms with van der Waals surface area (Å²) in [5, 5.41) is 9.93. The summed E-state index contributed by atoms with van der Waals surface area (Å²) >= 11 is 0. The van der Waals surface area contributed by atoms with Crippen molar-refractivity contribution in [3.8, 4) is 0 Å². The Kier molecular flexibility index (Phi) is 3.50. The van der Waals surface area contributed by atoms with Crippen molar-refractivity contribution in [1.82, 2.24) is 4.90 Å². The molecule has 0 saturated carbocycles. The Bertz CT molecular complexity index is 259. The van der Waals surface area contributed by atoms with E-state index in [-0.39, 0.29) is 12.0 Å². The van der Waals surface area contributed by atoms with Crippen LogP contribution in [0.2, 0.25) is 0 Å². The van der Waals surface area contributed by atoms with Gasteiger partial charge in [0.15, 0.2) is 0 Å². The minimum Gasteiger partial charge on any atom is -0.388 e. The molecule has 0 spiro atoms. The second kappa shape index (κ2) is 4.72. The van der Waals surface area contributed by atoms with Crippen LogP contribution in [0.5, 0.6) is 0 Å². The Hall–Kier alpha value is -0.610. The van der Waals surface area contributed by atoms with Crippen molar-refractivity contribution in [2.24, 2.45) is 0 Å². The first-order valence-corrected chi connectivity index (χ1v) is 6.19. The van der Waals surface area contributed by atoms with Gasteiger partial charge in [-0.25, -0.2) is 0 Å². The Morgan fingerprint density at radius 1 is 1.56 bits per heavy atom. The van der Waals surface area contributed by atoms with Crippen LogP contribution < -0.4 is 0 Å². The summed E-state index contributed by atoms with van der Waals surface area (Å²) in [5.74, 6) is 0.131. The molecule has 2 saturated heterocycles. The van der Waals surface area contributed by atoms with Crippen molar-refractivity contribution in [1.29, 1.82) is 0 Å². The second-order valence-corrected chi connectivity index (χ2v) is 5.25. The van der Waals surface area contributed by atoms with E-state index in [0.29, 0.717) is 13.0 Å². The van der Waals surface area contributed by atoms with E-state index in [0.717, 1.165) is 38.8 Å². The van der Waals surface area contributed by atoms with Crippen LogP contribution in [0.4, 0.5) is 0 Å². The molecule has 2 rings (SSSR count). The molecule has 2 aliphatic heterocycles. The van der Waals surface area contributed by atoms with Gasteiger partial charge in [0, 0.05) is 19.7 Å². The van der Waals surface area contributed by atoms with Crippen LogP contribution in [-0.4, -0.2) is 47.3 Å². The lowest BCUT2D eigenvalue weighted by molar-refractivity contribution is -0.139. The minimum atomic E-state index is -0.704. The molecule has 1 N–H and O–H groups in total. The van der Waals surface area contributed by atoms with E-state index >= 15 is 0 Å². The van der Waals surface area contributed by atoms with Gasteiger partial charge in [0.25, 0.3) is 0 Å². The number of ether oxygens (including phenoxy) is 1. The van der Waals surface area contributed by atoms with Crippen molar-refractivity contribution < 1.29 is 14.6 Å². The largest absolute Gasteiger partial charge is 0.388 e. The van der Waals surface area contributed by atoms with E-state index in [1.54, 1.807) is 11.8 Å². The molecule has 2 heterocycles. The lowest BCUT2D eigenvalue weighted by Crippen LogP contribution is -2.49. The monoisotopic (exact) mass is 227 g/mol. The number of carbonyl (C=O) groups is 1. The SMILES string of the molecule is CC1(O)CCCN(C(=O)CC2CCCO2)C1. The molecule has 2 atom stereocenters. The van der Waals surface area contributed by atoms with E-state index in [4.69, 9.17) is 4.74 Å². The molecular weight excluding hydrogens is 206 g/mol. The summed E-state index contributed by atoms with van der Waals surface area (Å²) in [6, 6.07) is 0. The van der Waals surface area contributed by atoms with Crippen LogP contribution in [-0.2, 0) is 9.53 Å². The first-order chi connectivity index (χ1) is 7.57. The van der Waals surface area contributed by atoms with Crippen LogP contribution in [0, 0.1) is 0 Å². The van der Waals surface area contributed by atoms with Gasteiger partial charge in [-0.1, -0.05) is 0 Å². The van der Waals surface area contributed by atoms with Crippen LogP contribution >= 0.6 is 0 Å². The van der Waals surface area contributed by atoms with Gasteiger partial charge >= 0.3 is 0 Å². The molecule has 0 aromatic carbocycles. The van der Waals surface area contributed by atoms with Crippen LogP contribution in [0.3, 0.4) is 0 Å². The first kappa shape index (κ1) is 11.9. The van der Waals surface area contributed by atoms with Crippen molar-refractivity contribution in [3.05, 3.63) is 0 Å². The molecule has 0 radical (unpaired) electrons. The third kappa shape index (κ3) is 2.95. The molecule has 2 fully saturated rings. The molecule has 1 amide bonds. The zero-order chi connectivity index (χ0) is 11.6. The summed E-state index contributed by atoms with van der Waals surface area (Å²) < 4.78 is 5.46. The number of β-amino-alcohol motifs (C(OH)–C–C–N with tert-alkyl or cyclic N) is 1.